The summed E-state index contributed by atoms with van der Waals surface area (Å²) in [6, 6.07) is 0. The van der Waals surface area contributed by atoms with E-state index in [4.69, 9.17) is 91.9 Å². The van der Waals surface area contributed by atoms with E-state index in [9.17, 15) is 0 Å². The van der Waals surface area contributed by atoms with Gasteiger partial charge in [-0.15, -0.1) is 0 Å². The smallest absolute Gasteiger partial charge is 0.356 e. The Kier molecular flexibility index (Phi) is 82.4. The third-order valence-electron chi connectivity index (χ3n) is 0. The van der Waals surface area contributed by atoms with Gasteiger partial charge in [-0.1, -0.05) is 0 Å². The van der Waals surface area contributed by atoms with Crippen molar-refractivity contribution in [3.8, 4) is 0 Å². The fraction of sp³-hybridized carbons (Fsp3) is 0. The zero-order valence-corrected chi connectivity index (χ0v) is 17.6. The number of hydrogen-bond acceptors (Lipinski definition) is 18. The van der Waals surface area contributed by atoms with Crippen molar-refractivity contribution in [2.45, 2.75) is 0 Å². The summed E-state index contributed by atoms with van der Waals surface area (Å²) < 4.78 is 0. The molecule has 0 aromatic rings. The van der Waals surface area contributed by atoms with E-state index in [1.807, 2.05) is 0 Å². The van der Waals surface area contributed by atoms with Gasteiger partial charge < -0.3 is 91.9 Å². The molecular formula is BiCeN6O18. The van der Waals surface area contributed by atoms with Crippen LogP contribution in [-0.2, 0) is 0 Å². The van der Waals surface area contributed by atoms with Crippen LogP contribution in [-0.4, -0.2) is 56.7 Å². The van der Waals surface area contributed by atoms with Crippen molar-refractivity contribution in [1.82, 2.24) is 0 Å². The van der Waals surface area contributed by atoms with Gasteiger partial charge in [-0.05, 0) is 0 Å². The van der Waals surface area contributed by atoms with Crippen molar-refractivity contribution in [2.24, 2.45) is 0 Å². The molecule has 0 amide bonds. The standard InChI is InChI=1S/Bi.Ce.6NO3/c;;6*2-1(3)4/q2*+3;6*-1. The van der Waals surface area contributed by atoms with Crippen LogP contribution in [0.1, 0.15) is 0 Å². The largest absolute Gasteiger partial charge is 3.00 e. The van der Waals surface area contributed by atoms with Gasteiger partial charge in [0.2, 0.25) is 0 Å². The first-order valence-electron chi connectivity index (χ1n) is 3.29. The molecular weight excluding hydrogens is 721 g/mol. The van der Waals surface area contributed by atoms with Crippen LogP contribution in [0.25, 0.3) is 0 Å². The van der Waals surface area contributed by atoms with Crippen molar-refractivity contribution in [3.63, 3.8) is 0 Å². The second-order valence-electron chi connectivity index (χ2n) is 1.34. The summed E-state index contributed by atoms with van der Waals surface area (Å²) in [5.41, 5.74) is 0. The molecule has 0 aliphatic rings. The molecule has 0 saturated heterocycles. The van der Waals surface area contributed by atoms with Crippen LogP contribution in [0.15, 0.2) is 0 Å². The van der Waals surface area contributed by atoms with Gasteiger partial charge in [-0.25, -0.2) is 0 Å². The molecule has 0 atom stereocenters. The summed E-state index contributed by atoms with van der Waals surface area (Å²) in [4.78, 5) is 49.5. The molecule has 0 spiro atoms. The second-order valence-corrected chi connectivity index (χ2v) is 1.34. The van der Waals surface area contributed by atoms with Gasteiger partial charge in [0, 0.05) is 0 Å². The molecule has 147 valence electrons. The van der Waals surface area contributed by atoms with E-state index in [0.717, 1.165) is 0 Å². The first-order valence-corrected chi connectivity index (χ1v) is 3.29. The van der Waals surface area contributed by atoms with Crippen LogP contribution in [0.4, 0.5) is 0 Å². The molecule has 26 heteroatoms. The molecule has 0 bridgehead atoms. The van der Waals surface area contributed by atoms with E-state index in [2.05, 4.69) is 0 Å². The molecule has 24 nitrogen and oxygen atoms in total. The second kappa shape index (κ2) is 43.3. The molecule has 0 aliphatic carbocycles. The Morgan fingerprint density at radius 1 is 0.308 bits per heavy atom. The topological polar surface area (TPSA) is 397 Å². The zero-order chi connectivity index (χ0) is 21.5. The molecule has 26 heavy (non-hydrogen) atoms. The van der Waals surface area contributed by atoms with E-state index in [1.165, 1.54) is 0 Å². The molecule has 0 fully saturated rings. The van der Waals surface area contributed by atoms with E-state index in [0.29, 0.717) is 0 Å². The van der Waals surface area contributed by atoms with Crippen molar-refractivity contribution in [3.05, 3.63) is 91.9 Å². The maximum atomic E-state index is 8.25. The van der Waals surface area contributed by atoms with Crippen LogP contribution in [0, 0.1) is 134 Å². The average Bonchev–Trinajstić information content (AvgIpc) is 2.08. The SMILES string of the molecule is O=[N+]([O-])[O-].O=[N+]([O-])[O-].O=[N+]([O-])[O-].O=[N+]([O-])[O-].O=[N+]([O-])[O-].O=[N+]([O-])[O-].[Bi+3].[Ce+3]. The fourth-order valence-corrected chi connectivity index (χ4v) is 0. The Labute approximate surface area is 189 Å². The third kappa shape index (κ3) is 1390. The maximum Gasteiger partial charge on any atom is 3.00 e. The number of nitrogens with zero attached hydrogens (tertiary/aromatic N) is 6. The molecule has 0 aliphatic heterocycles. The Morgan fingerprint density at radius 3 is 0.308 bits per heavy atom. The first kappa shape index (κ1) is 49.5. The van der Waals surface area contributed by atoms with Gasteiger partial charge in [0.25, 0.3) is 0 Å². The molecule has 0 heterocycles. The molecule has 0 unspecified atom stereocenters. The van der Waals surface area contributed by atoms with Gasteiger partial charge in [-0.3, -0.25) is 0 Å². The van der Waals surface area contributed by atoms with Crippen molar-refractivity contribution in [2.75, 3.05) is 0 Å². The summed E-state index contributed by atoms with van der Waals surface area (Å²) >= 11 is 0. The molecule has 0 saturated carbocycles. The predicted octanol–water partition coefficient (Wildman–Crippen LogP) is -1.82. The van der Waals surface area contributed by atoms with E-state index < -0.39 is 30.5 Å². The molecule has 0 rings (SSSR count). The monoisotopic (exact) mass is 721 g/mol. The number of hydrogen-bond donors (Lipinski definition) is 0. The van der Waals surface area contributed by atoms with Crippen LogP contribution in [0.3, 0.4) is 0 Å². The van der Waals surface area contributed by atoms with Gasteiger partial charge in [0.05, 0.1) is 30.5 Å². The Hall–Kier alpha value is -2.54. The van der Waals surface area contributed by atoms with Gasteiger partial charge >= 0.3 is 68.0 Å². The van der Waals surface area contributed by atoms with Crippen LogP contribution in [0.5, 0.6) is 0 Å². The van der Waals surface area contributed by atoms with Crippen molar-refractivity contribution >= 4 is 26.2 Å². The summed E-state index contributed by atoms with van der Waals surface area (Å²) in [6.07, 6.45) is 0. The Morgan fingerprint density at radius 2 is 0.308 bits per heavy atom. The summed E-state index contributed by atoms with van der Waals surface area (Å²) in [5.74, 6) is 0. The quantitative estimate of drug-likeness (QED) is 0.151. The van der Waals surface area contributed by atoms with E-state index in [-0.39, 0.29) is 68.0 Å². The van der Waals surface area contributed by atoms with Gasteiger partial charge in [0.15, 0.2) is 0 Å². The van der Waals surface area contributed by atoms with Gasteiger partial charge in [-0.2, -0.15) is 0 Å². The Bertz CT molecular complexity index is 263. The van der Waals surface area contributed by atoms with E-state index in [1.54, 1.807) is 0 Å². The average molecular weight is 721 g/mol. The molecule has 0 aromatic heterocycles. The fourth-order valence-electron chi connectivity index (χ4n) is 0. The van der Waals surface area contributed by atoms with Crippen molar-refractivity contribution in [1.29, 1.82) is 0 Å². The van der Waals surface area contributed by atoms with Crippen LogP contribution in [0.2, 0.25) is 0 Å². The van der Waals surface area contributed by atoms with Gasteiger partial charge in [0.1, 0.15) is 0 Å². The molecule has 0 N–H and O–H groups in total. The zero-order valence-electron chi connectivity index (χ0n) is 11.0. The van der Waals surface area contributed by atoms with Crippen LogP contribution >= 0.6 is 0 Å². The minimum Gasteiger partial charge on any atom is -0.356 e. The third-order valence-corrected chi connectivity index (χ3v) is 0. The predicted molar refractivity (Wildman–Crippen MR) is 67.9 cm³/mol. The van der Waals surface area contributed by atoms with Crippen molar-refractivity contribution < 1.29 is 72.3 Å². The maximum absolute atomic E-state index is 8.25. The summed E-state index contributed by atoms with van der Waals surface area (Å²) in [6.45, 7) is 0. The Balaban J connectivity index is -0.0000000245. The summed E-state index contributed by atoms with van der Waals surface area (Å²) in [7, 11) is 0. The normalized spacial score (nSPS) is 5.54. The first-order chi connectivity index (χ1) is 10.4. The minimum atomic E-state index is -1.75. The minimum absolute atomic E-state index is 0. The van der Waals surface area contributed by atoms with Crippen LogP contribution < -0.4 is 0 Å². The number of rotatable bonds is 0. The molecule has 3 radical (unpaired) electrons. The molecule has 0 aromatic carbocycles. The summed E-state index contributed by atoms with van der Waals surface area (Å²) in [5, 5.41) is 88.5. The van der Waals surface area contributed by atoms with E-state index >= 15 is 0 Å².